The topological polar surface area (TPSA) is 15.3 Å². The average Bonchev–Trinajstić information content (AvgIpc) is 2.21. The first-order valence-corrected chi connectivity index (χ1v) is 5.79. The van der Waals surface area contributed by atoms with Crippen LogP contribution in [0, 0.1) is 0 Å². The molecule has 2 heteroatoms. The molecule has 0 fully saturated rings. The van der Waals surface area contributed by atoms with Gasteiger partial charge >= 0.3 is 0 Å². The predicted octanol–water partition coefficient (Wildman–Crippen LogP) is 3.35. The number of benzene rings is 1. The molecule has 0 amide bonds. The van der Waals surface area contributed by atoms with Crippen molar-refractivity contribution in [3.63, 3.8) is 0 Å². The maximum Gasteiger partial charge on any atom is 0.0369 e. The molecule has 0 aliphatic heterocycles. The van der Waals surface area contributed by atoms with E-state index in [0.717, 1.165) is 13.1 Å². The summed E-state index contributed by atoms with van der Waals surface area (Å²) in [5.41, 5.74) is 2.50. The molecule has 2 nitrogen and oxygen atoms in total. The molecule has 0 saturated heterocycles. The monoisotopic (exact) mass is 206 g/mol. The fourth-order valence-electron chi connectivity index (χ4n) is 1.82. The van der Waals surface area contributed by atoms with Crippen LogP contribution in [-0.4, -0.2) is 19.1 Å². The van der Waals surface area contributed by atoms with Crippen molar-refractivity contribution < 1.29 is 0 Å². The van der Waals surface area contributed by atoms with Crippen LogP contribution in [0.3, 0.4) is 0 Å². The van der Waals surface area contributed by atoms with Crippen LogP contribution in [-0.2, 0) is 0 Å². The van der Waals surface area contributed by atoms with Crippen LogP contribution in [0.25, 0.3) is 0 Å². The summed E-state index contributed by atoms with van der Waals surface area (Å²) in [5, 5.41) is 3.30. The second-order valence-corrected chi connectivity index (χ2v) is 3.96. The van der Waals surface area contributed by atoms with E-state index in [4.69, 9.17) is 0 Å². The van der Waals surface area contributed by atoms with Gasteiger partial charge in [-0.3, -0.25) is 0 Å². The van der Waals surface area contributed by atoms with E-state index in [1.54, 1.807) is 0 Å². The van der Waals surface area contributed by atoms with E-state index >= 15 is 0 Å². The van der Waals surface area contributed by atoms with Crippen LogP contribution >= 0.6 is 0 Å². The molecule has 0 aromatic heterocycles. The number of rotatable bonds is 5. The summed E-state index contributed by atoms with van der Waals surface area (Å²) in [6.45, 7) is 10.8. The smallest absolute Gasteiger partial charge is 0.0369 e. The number of nitrogens with one attached hydrogen (secondary N) is 1. The maximum atomic E-state index is 3.30. The van der Waals surface area contributed by atoms with E-state index in [1.165, 1.54) is 11.4 Å². The first-order chi connectivity index (χ1) is 7.19. The lowest BCUT2D eigenvalue weighted by molar-refractivity contribution is 0.704. The summed E-state index contributed by atoms with van der Waals surface area (Å²) in [6.07, 6.45) is 0. The highest BCUT2D eigenvalue weighted by Gasteiger charge is 2.07. The summed E-state index contributed by atoms with van der Waals surface area (Å²) >= 11 is 0. The van der Waals surface area contributed by atoms with E-state index in [0.29, 0.717) is 6.04 Å². The van der Waals surface area contributed by atoms with E-state index in [2.05, 4.69) is 62.2 Å². The number of anilines is 2. The molecular formula is C13H22N2. The second kappa shape index (κ2) is 5.64. The SMILES string of the molecule is CCNc1ccc(N(CC)C(C)C)cc1. The first-order valence-electron chi connectivity index (χ1n) is 5.79. The van der Waals surface area contributed by atoms with Crippen molar-refractivity contribution in [2.24, 2.45) is 0 Å². The highest BCUT2D eigenvalue weighted by molar-refractivity contribution is 5.55. The van der Waals surface area contributed by atoms with Crippen LogP contribution in [0.15, 0.2) is 24.3 Å². The van der Waals surface area contributed by atoms with Gasteiger partial charge in [-0.05, 0) is 52.0 Å². The lowest BCUT2D eigenvalue weighted by Gasteiger charge is -2.27. The van der Waals surface area contributed by atoms with Crippen molar-refractivity contribution in [1.82, 2.24) is 0 Å². The van der Waals surface area contributed by atoms with Gasteiger partial charge in [0, 0.05) is 30.5 Å². The Morgan fingerprint density at radius 2 is 1.73 bits per heavy atom. The first kappa shape index (κ1) is 11.9. The lowest BCUT2D eigenvalue weighted by atomic mass is 10.2. The molecule has 0 aliphatic carbocycles. The fraction of sp³-hybridized carbons (Fsp3) is 0.538. The summed E-state index contributed by atoms with van der Waals surface area (Å²) in [4.78, 5) is 2.38. The molecule has 0 unspecified atom stereocenters. The third kappa shape index (κ3) is 3.15. The zero-order valence-electron chi connectivity index (χ0n) is 10.2. The molecule has 1 rings (SSSR count). The Balaban J connectivity index is 2.77. The van der Waals surface area contributed by atoms with Crippen molar-refractivity contribution in [2.45, 2.75) is 33.7 Å². The molecule has 0 spiro atoms. The summed E-state index contributed by atoms with van der Waals surface area (Å²) in [5.74, 6) is 0. The van der Waals surface area contributed by atoms with Crippen molar-refractivity contribution in [2.75, 3.05) is 23.3 Å². The van der Waals surface area contributed by atoms with E-state index in [-0.39, 0.29) is 0 Å². The molecule has 0 saturated carbocycles. The van der Waals surface area contributed by atoms with Gasteiger partial charge < -0.3 is 10.2 Å². The molecule has 1 N–H and O–H groups in total. The molecule has 0 radical (unpaired) electrons. The minimum atomic E-state index is 0.556. The minimum absolute atomic E-state index is 0.556. The largest absolute Gasteiger partial charge is 0.385 e. The highest BCUT2D eigenvalue weighted by Crippen LogP contribution is 2.19. The minimum Gasteiger partial charge on any atom is -0.385 e. The van der Waals surface area contributed by atoms with Crippen molar-refractivity contribution >= 4 is 11.4 Å². The van der Waals surface area contributed by atoms with E-state index < -0.39 is 0 Å². The molecule has 0 atom stereocenters. The van der Waals surface area contributed by atoms with Gasteiger partial charge in [0.1, 0.15) is 0 Å². The molecule has 0 bridgehead atoms. The molecular weight excluding hydrogens is 184 g/mol. The third-order valence-corrected chi connectivity index (χ3v) is 2.54. The molecule has 15 heavy (non-hydrogen) atoms. The summed E-state index contributed by atoms with van der Waals surface area (Å²) in [6, 6.07) is 9.21. The zero-order valence-corrected chi connectivity index (χ0v) is 10.2. The maximum absolute atomic E-state index is 3.30. The highest BCUT2D eigenvalue weighted by atomic mass is 15.1. The van der Waals surface area contributed by atoms with Crippen molar-refractivity contribution in [1.29, 1.82) is 0 Å². The van der Waals surface area contributed by atoms with E-state index in [1.807, 2.05) is 0 Å². The Hall–Kier alpha value is -1.18. The summed E-state index contributed by atoms with van der Waals surface area (Å²) in [7, 11) is 0. The molecule has 1 aromatic rings. The van der Waals surface area contributed by atoms with E-state index in [9.17, 15) is 0 Å². The quantitative estimate of drug-likeness (QED) is 0.794. The molecule has 84 valence electrons. The van der Waals surface area contributed by atoms with Crippen LogP contribution < -0.4 is 10.2 Å². The lowest BCUT2D eigenvalue weighted by Crippen LogP contribution is -2.30. The molecule has 1 aromatic carbocycles. The number of hydrogen-bond donors (Lipinski definition) is 1. The Bertz CT molecular complexity index is 277. The van der Waals surface area contributed by atoms with Gasteiger partial charge in [-0.25, -0.2) is 0 Å². The third-order valence-electron chi connectivity index (χ3n) is 2.54. The zero-order chi connectivity index (χ0) is 11.3. The Kier molecular flexibility index (Phi) is 4.47. The van der Waals surface area contributed by atoms with Gasteiger partial charge in [0.25, 0.3) is 0 Å². The Morgan fingerprint density at radius 3 is 2.13 bits per heavy atom. The van der Waals surface area contributed by atoms with Crippen molar-refractivity contribution in [3.05, 3.63) is 24.3 Å². The van der Waals surface area contributed by atoms with Gasteiger partial charge in [-0.15, -0.1) is 0 Å². The van der Waals surface area contributed by atoms with Gasteiger partial charge in [0.05, 0.1) is 0 Å². The number of nitrogens with zero attached hydrogens (tertiary/aromatic N) is 1. The van der Waals surface area contributed by atoms with Gasteiger partial charge in [0.15, 0.2) is 0 Å². The van der Waals surface area contributed by atoms with Crippen LogP contribution in [0.5, 0.6) is 0 Å². The average molecular weight is 206 g/mol. The summed E-state index contributed by atoms with van der Waals surface area (Å²) < 4.78 is 0. The standard InChI is InChI=1S/C13H22N2/c1-5-14-12-7-9-13(10-8-12)15(6-2)11(3)4/h7-11,14H,5-6H2,1-4H3. The van der Waals surface area contributed by atoms with Gasteiger partial charge in [-0.1, -0.05) is 0 Å². The fourth-order valence-corrected chi connectivity index (χ4v) is 1.82. The number of hydrogen-bond acceptors (Lipinski definition) is 2. The van der Waals surface area contributed by atoms with Crippen molar-refractivity contribution in [3.8, 4) is 0 Å². The van der Waals surface area contributed by atoms with Crippen LogP contribution in [0.2, 0.25) is 0 Å². The second-order valence-electron chi connectivity index (χ2n) is 3.96. The van der Waals surface area contributed by atoms with Crippen LogP contribution in [0.1, 0.15) is 27.7 Å². The Morgan fingerprint density at radius 1 is 1.13 bits per heavy atom. The van der Waals surface area contributed by atoms with Gasteiger partial charge in [0.2, 0.25) is 0 Å². The Labute approximate surface area is 93.3 Å². The molecule has 0 heterocycles. The normalized spacial score (nSPS) is 10.5. The van der Waals surface area contributed by atoms with Gasteiger partial charge in [-0.2, -0.15) is 0 Å². The molecule has 0 aliphatic rings. The van der Waals surface area contributed by atoms with Crippen LogP contribution in [0.4, 0.5) is 11.4 Å². The predicted molar refractivity (Wildman–Crippen MR) is 68.8 cm³/mol.